The molecule has 0 atom stereocenters. The molecule has 1 aromatic carbocycles. The van der Waals surface area contributed by atoms with Gasteiger partial charge in [0.1, 0.15) is 5.76 Å². The molecule has 0 saturated heterocycles. The van der Waals surface area contributed by atoms with Gasteiger partial charge in [-0.05, 0) is 42.2 Å². The summed E-state index contributed by atoms with van der Waals surface area (Å²) in [4.78, 5) is 0.468. The Balaban J connectivity index is 1.87. The summed E-state index contributed by atoms with van der Waals surface area (Å²) in [5.41, 5.74) is 2.19. The van der Waals surface area contributed by atoms with E-state index in [0.29, 0.717) is 17.1 Å². The molecule has 5 heteroatoms. The average molecular weight is 303 g/mol. The van der Waals surface area contributed by atoms with Crippen LogP contribution >= 0.6 is 0 Å². The molecule has 110 valence electrons. The fourth-order valence-corrected chi connectivity index (χ4v) is 3.85. The Kier molecular flexibility index (Phi) is 3.69. The van der Waals surface area contributed by atoms with Gasteiger partial charge in [-0.2, -0.15) is 4.31 Å². The van der Waals surface area contributed by atoms with Gasteiger partial charge in [0.05, 0.1) is 17.7 Å². The molecule has 0 radical (unpaired) electrons. The number of furan rings is 1. The number of hydrogen-bond donors (Lipinski definition) is 0. The molecule has 0 saturated carbocycles. The van der Waals surface area contributed by atoms with Crippen molar-refractivity contribution in [1.82, 2.24) is 4.31 Å². The first-order chi connectivity index (χ1) is 10.1. The molecule has 0 N–H and O–H groups in total. The summed E-state index contributed by atoms with van der Waals surface area (Å²) in [6, 6.07) is 11.4. The molecule has 21 heavy (non-hydrogen) atoms. The van der Waals surface area contributed by atoms with E-state index in [0.717, 1.165) is 12.0 Å². The normalized spacial score (nSPS) is 14.9. The summed E-state index contributed by atoms with van der Waals surface area (Å²) in [7, 11) is -1.86. The highest BCUT2D eigenvalue weighted by Crippen LogP contribution is 2.28. The number of allylic oxidation sites excluding steroid dienone is 1. The first-order valence-electron chi connectivity index (χ1n) is 6.84. The van der Waals surface area contributed by atoms with E-state index in [2.05, 4.69) is 0 Å². The number of aryl methyl sites for hydroxylation is 1. The van der Waals surface area contributed by atoms with Crippen LogP contribution < -0.4 is 0 Å². The third kappa shape index (κ3) is 2.80. The number of benzene rings is 1. The first-order valence-corrected chi connectivity index (χ1v) is 8.28. The molecule has 1 aliphatic rings. The van der Waals surface area contributed by atoms with Gasteiger partial charge in [-0.1, -0.05) is 24.3 Å². The number of nitrogens with zero attached hydrogens (tertiary/aromatic N) is 1. The summed E-state index contributed by atoms with van der Waals surface area (Å²) in [5, 5.41) is 0. The van der Waals surface area contributed by atoms with E-state index in [1.165, 1.54) is 9.87 Å². The SMILES string of the molecule is CN(Cc1ccco1)S(=O)(=O)C1=Cc2ccccc2CC1. The van der Waals surface area contributed by atoms with Gasteiger partial charge in [-0.25, -0.2) is 8.42 Å². The van der Waals surface area contributed by atoms with Crippen molar-refractivity contribution in [3.63, 3.8) is 0 Å². The third-order valence-corrected chi connectivity index (χ3v) is 5.65. The molecule has 0 spiro atoms. The van der Waals surface area contributed by atoms with Crippen molar-refractivity contribution >= 4 is 16.1 Å². The predicted molar refractivity (Wildman–Crippen MR) is 81.8 cm³/mol. The molecule has 1 aromatic heterocycles. The summed E-state index contributed by atoms with van der Waals surface area (Å²) in [5.74, 6) is 0.637. The van der Waals surface area contributed by atoms with Crippen LogP contribution in [0.5, 0.6) is 0 Å². The Hall–Kier alpha value is -1.85. The molecule has 2 aromatic rings. The van der Waals surface area contributed by atoms with E-state index in [9.17, 15) is 8.42 Å². The van der Waals surface area contributed by atoms with Crippen molar-refractivity contribution in [3.8, 4) is 0 Å². The van der Waals surface area contributed by atoms with Gasteiger partial charge in [-0.15, -0.1) is 0 Å². The van der Waals surface area contributed by atoms with Crippen LogP contribution in [0.4, 0.5) is 0 Å². The number of hydrogen-bond acceptors (Lipinski definition) is 3. The van der Waals surface area contributed by atoms with Gasteiger partial charge < -0.3 is 4.42 Å². The molecule has 0 fully saturated rings. The topological polar surface area (TPSA) is 50.5 Å². The van der Waals surface area contributed by atoms with Crippen LogP contribution in [0.2, 0.25) is 0 Å². The van der Waals surface area contributed by atoms with E-state index in [1.807, 2.05) is 24.3 Å². The minimum atomic E-state index is -3.45. The first kappa shape index (κ1) is 14.1. The minimum Gasteiger partial charge on any atom is -0.468 e. The van der Waals surface area contributed by atoms with Crippen molar-refractivity contribution < 1.29 is 12.8 Å². The second-order valence-electron chi connectivity index (χ2n) is 5.15. The average Bonchev–Trinajstić information content (AvgIpc) is 2.99. The smallest absolute Gasteiger partial charge is 0.239 e. The summed E-state index contributed by atoms with van der Waals surface area (Å²) in [6.07, 6.45) is 4.64. The largest absolute Gasteiger partial charge is 0.468 e. The Labute approximate surface area is 124 Å². The predicted octanol–water partition coefficient (Wildman–Crippen LogP) is 3.03. The Morgan fingerprint density at radius 2 is 1.95 bits per heavy atom. The molecule has 0 amide bonds. The van der Waals surface area contributed by atoms with Crippen molar-refractivity contribution in [2.75, 3.05) is 7.05 Å². The summed E-state index contributed by atoms with van der Waals surface area (Å²) in [6.45, 7) is 0.244. The fraction of sp³-hybridized carbons (Fsp3) is 0.250. The van der Waals surface area contributed by atoms with E-state index in [1.54, 1.807) is 31.5 Å². The zero-order valence-corrected chi connectivity index (χ0v) is 12.6. The van der Waals surface area contributed by atoms with Crippen molar-refractivity contribution in [3.05, 3.63) is 64.5 Å². The molecular formula is C16H17NO3S. The third-order valence-electron chi connectivity index (χ3n) is 3.71. The lowest BCUT2D eigenvalue weighted by molar-refractivity contribution is 0.408. The summed E-state index contributed by atoms with van der Waals surface area (Å²) < 4.78 is 31.8. The van der Waals surface area contributed by atoms with Crippen molar-refractivity contribution in [1.29, 1.82) is 0 Å². The second-order valence-corrected chi connectivity index (χ2v) is 7.25. The highest BCUT2D eigenvalue weighted by atomic mass is 32.2. The number of fused-ring (bicyclic) bond motifs is 1. The lowest BCUT2D eigenvalue weighted by atomic mass is 9.98. The standard InChI is InChI=1S/C16H17NO3S/c1-17(12-15-7-4-10-20-15)21(18,19)16-9-8-13-5-2-3-6-14(13)11-16/h2-7,10-11H,8-9,12H2,1H3. The van der Waals surface area contributed by atoms with Crippen molar-refractivity contribution in [2.24, 2.45) is 0 Å². The van der Waals surface area contributed by atoms with Crippen LogP contribution in [0.1, 0.15) is 23.3 Å². The van der Waals surface area contributed by atoms with E-state index in [4.69, 9.17) is 4.42 Å². The van der Waals surface area contributed by atoms with E-state index in [-0.39, 0.29) is 6.54 Å². The van der Waals surface area contributed by atoms with Crippen molar-refractivity contribution in [2.45, 2.75) is 19.4 Å². The molecule has 0 unspecified atom stereocenters. The molecule has 1 aliphatic carbocycles. The molecular weight excluding hydrogens is 286 g/mol. The monoisotopic (exact) mass is 303 g/mol. The molecule has 3 rings (SSSR count). The molecule has 0 bridgehead atoms. The molecule has 1 heterocycles. The fourth-order valence-electron chi connectivity index (χ4n) is 2.52. The zero-order chi connectivity index (χ0) is 14.9. The number of sulfonamides is 1. The maximum atomic E-state index is 12.6. The quantitative estimate of drug-likeness (QED) is 0.872. The van der Waals surface area contributed by atoms with Gasteiger partial charge in [0.15, 0.2) is 0 Å². The molecule has 4 nitrogen and oxygen atoms in total. The Bertz CT molecular complexity index is 761. The highest BCUT2D eigenvalue weighted by Gasteiger charge is 2.26. The summed E-state index contributed by atoms with van der Waals surface area (Å²) >= 11 is 0. The van der Waals surface area contributed by atoms with Crippen LogP contribution in [0, 0.1) is 0 Å². The highest BCUT2D eigenvalue weighted by molar-refractivity contribution is 7.93. The van der Waals surface area contributed by atoms with Crippen LogP contribution in [-0.4, -0.2) is 19.8 Å². The Morgan fingerprint density at radius 1 is 1.14 bits per heavy atom. The van der Waals surface area contributed by atoms with Crippen LogP contribution in [0.15, 0.2) is 52.0 Å². The maximum absolute atomic E-state index is 12.6. The lowest BCUT2D eigenvalue weighted by Gasteiger charge is -2.21. The van der Waals surface area contributed by atoms with E-state index < -0.39 is 10.0 Å². The van der Waals surface area contributed by atoms with Gasteiger partial charge in [-0.3, -0.25) is 0 Å². The number of rotatable bonds is 4. The zero-order valence-electron chi connectivity index (χ0n) is 11.8. The van der Waals surface area contributed by atoms with Crippen LogP contribution in [-0.2, 0) is 23.0 Å². The van der Waals surface area contributed by atoms with E-state index >= 15 is 0 Å². The van der Waals surface area contributed by atoms with Crippen LogP contribution in [0.25, 0.3) is 6.08 Å². The maximum Gasteiger partial charge on any atom is 0.239 e. The second kappa shape index (κ2) is 5.50. The van der Waals surface area contributed by atoms with Gasteiger partial charge in [0.25, 0.3) is 0 Å². The minimum absolute atomic E-state index is 0.244. The van der Waals surface area contributed by atoms with Gasteiger partial charge >= 0.3 is 0 Å². The van der Waals surface area contributed by atoms with Gasteiger partial charge in [0, 0.05) is 7.05 Å². The molecule has 0 aliphatic heterocycles. The lowest BCUT2D eigenvalue weighted by Crippen LogP contribution is -2.28. The van der Waals surface area contributed by atoms with Gasteiger partial charge in [0.2, 0.25) is 10.0 Å². The van der Waals surface area contributed by atoms with Crippen LogP contribution in [0.3, 0.4) is 0 Å². The Morgan fingerprint density at radius 3 is 2.71 bits per heavy atom.